The summed E-state index contributed by atoms with van der Waals surface area (Å²) >= 11 is 0. The molecule has 26 heavy (non-hydrogen) atoms. The zero-order valence-corrected chi connectivity index (χ0v) is 14.0. The van der Waals surface area contributed by atoms with Crippen LogP contribution in [0, 0.1) is 5.92 Å². The minimum absolute atomic E-state index is 0.0546. The van der Waals surface area contributed by atoms with Crippen molar-refractivity contribution in [1.82, 2.24) is 25.4 Å². The summed E-state index contributed by atoms with van der Waals surface area (Å²) in [5, 5.41) is 6.70. The molecular formula is C18H17N5O3. The van der Waals surface area contributed by atoms with Crippen LogP contribution in [0.25, 0.3) is 11.6 Å². The number of nitrogens with zero attached hydrogens (tertiary/aromatic N) is 4. The van der Waals surface area contributed by atoms with E-state index in [1.807, 2.05) is 24.3 Å². The molecule has 8 heteroatoms. The number of carbonyl (C=O) groups excluding carboxylic acids is 1. The van der Waals surface area contributed by atoms with Gasteiger partial charge in [0.1, 0.15) is 5.75 Å². The number of nitrogens with one attached hydrogen (secondary N) is 1. The molecule has 0 fully saturated rings. The Kier molecular flexibility index (Phi) is 4.55. The number of amides is 1. The van der Waals surface area contributed by atoms with Crippen molar-refractivity contribution in [3.05, 3.63) is 54.2 Å². The molecule has 1 atom stereocenters. The molecule has 1 aromatic carbocycles. The highest BCUT2D eigenvalue weighted by molar-refractivity contribution is 5.79. The van der Waals surface area contributed by atoms with Gasteiger partial charge in [0, 0.05) is 18.3 Å². The van der Waals surface area contributed by atoms with Crippen molar-refractivity contribution < 1.29 is 14.1 Å². The van der Waals surface area contributed by atoms with E-state index in [0.717, 1.165) is 11.3 Å². The van der Waals surface area contributed by atoms with Gasteiger partial charge in [-0.3, -0.25) is 4.79 Å². The summed E-state index contributed by atoms with van der Waals surface area (Å²) < 4.78 is 10.9. The molecule has 0 radical (unpaired) electrons. The third-order valence-corrected chi connectivity index (χ3v) is 4.18. The van der Waals surface area contributed by atoms with E-state index in [1.54, 1.807) is 18.5 Å². The van der Waals surface area contributed by atoms with Crippen LogP contribution >= 0.6 is 0 Å². The summed E-state index contributed by atoms with van der Waals surface area (Å²) in [5.74, 6) is 1.63. The monoisotopic (exact) mass is 351 g/mol. The van der Waals surface area contributed by atoms with Gasteiger partial charge in [0.05, 0.1) is 13.2 Å². The van der Waals surface area contributed by atoms with E-state index >= 15 is 0 Å². The van der Waals surface area contributed by atoms with E-state index in [-0.39, 0.29) is 18.4 Å². The van der Waals surface area contributed by atoms with Crippen LogP contribution in [0.1, 0.15) is 17.9 Å². The first-order chi connectivity index (χ1) is 12.8. The van der Waals surface area contributed by atoms with Crippen molar-refractivity contribution in [1.29, 1.82) is 0 Å². The fraction of sp³-hybridized carbons (Fsp3) is 0.278. The zero-order valence-electron chi connectivity index (χ0n) is 14.0. The largest absolute Gasteiger partial charge is 0.493 e. The normalized spacial score (nSPS) is 16.2. The lowest BCUT2D eigenvalue weighted by molar-refractivity contribution is -0.125. The number of benzene rings is 1. The minimum Gasteiger partial charge on any atom is -0.493 e. The maximum Gasteiger partial charge on any atom is 0.246 e. The second-order valence-corrected chi connectivity index (χ2v) is 5.95. The lowest BCUT2D eigenvalue weighted by Crippen LogP contribution is -2.31. The quantitative estimate of drug-likeness (QED) is 0.764. The molecule has 3 heterocycles. The summed E-state index contributed by atoms with van der Waals surface area (Å²) in [6.07, 6.45) is 4.51. The highest BCUT2D eigenvalue weighted by atomic mass is 16.5. The van der Waals surface area contributed by atoms with Crippen molar-refractivity contribution in [2.45, 2.75) is 19.4 Å². The third-order valence-electron chi connectivity index (χ3n) is 4.18. The smallest absolute Gasteiger partial charge is 0.246 e. The van der Waals surface area contributed by atoms with Crippen molar-refractivity contribution in [2.75, 3.05) is 6.61 Å². The molecule has 0 saturated carbocycles. The molecule has 1 aliphatic rings. The number of ether oxygens (including phenoxy) is 1. The van der Waals surface area contributed by atoms with Crippen molar-refractivity contribution >= 4 is 5.91 Å². The third kappa shape index (κ3) is 3.53. The molecule has 1 aliphatic heterocycles. The Hall–Kier alpha value is -3.29. The number of carbonyl (C=O) groups is 1. The second-order valence-electron chi connectivity index (χ2n) is 5.95. The lowest BCUT2D eigenvalue weighted by atomic mass is 9.96. The lowest BCUT2D eigenvalue weighted by Gasteiger charge is -2.12. The van der Waals surface area contributed by atoms with Crippen LogP contribution in [0.5, 0.6) is 5.75 Å². The Morgan fingerprint density at radius 3 is 2.88 bits per heavy atom. The fourth-order valence-electron chi connectivity index (χ4n) is 2.85. The van der Waals surface area contributed by atoms with E-state index in [1.165, 1.54) is 0 Å². The number of para-hydroxylation sites is 1. The number of fused-ring (bicyclic) bond motifs is 1. The molecule has 0 spiro atoms. The summed E-state index contributed by atoms with van der Waals surface area (Å²) in [4.78, 5) is 24.9. The summed E-state index contributed by atoms with van der Waals surface area (Å²) in [6, 6.07) is 9.52. The van der Waals surface area contributed by atoms with Gasteiger partial charge in [0.15, 0.2) is 0 Å². The van der Waals surface area contributed by atoms with Crippen LogP contribution < -0.4 is 10.1 Å². The highest BCUT2D eigenvalue weighted by Gasteiger charge is 2.24. The van der Waals surface area contributed by atoms with Gasteiger partial charge >= 0.3 is 0 Å². The predicted octanol–water partition coefficient (Wildman–Crippen LogP) is 1.78. The Morgan fingerprint density at radius 1 is 1.15 bits per heavy atom. The average Bonchev–Trinajstić information content (AvgIpc) is 3.05. The number of rotatable bonds is 4. The fourth-order valence-corrected chi connectivity index (χ4v) is 2.85. The predicted molar refractivity (Wildman–Crippen MR) is 90.9 cm³/mol. The summed E-state index contributed by atoms with van der Waals surface area (Å²) in [6.45, 7) is 0.683. The van der Waals surface area contributed by atoms with Gasteiger partial charge in [-0.15, -0.1) is 0 Å². The van der Waals surface area contributed by atoms with E-state index in [0.29, 0.717) is 37.0 Å². The molecule has 0 saturated heterocycles. The number of aromatic nitrogens is 4. The molecule has 3 aromatic rings. The molecular weight excluding hydrogens is 334 g/mol. The van der Waals surface area contributed by atoms with Crippen LogP contribution in [0.2, 0.25) is 0 Å². The molecule has 0 unspecified atom stereocenters. The molecule has 1 amide bonds. The first-order valence-electron chi connectivity index (χ1n) is 8.38. The Labute approximate surface area is 149 Å². The maximum absolute atomic E-state index is 12.5. The second kappa shape index (κ2) is 7.30. The van der Waals surface area contributed by atoms with Gasteiger partial charge in [-0.05, 0) is 30.5 Å². The zero-order chi connectivity index (χ0) is 17.8. The van der Waals surface area contributed by atoms with Gasteiger partial charge in [0.2, 0.25) is 23.4 Å². The Morgan fingerprint density at radius 2 is 2.00 bits per heavy atom. The Balaban J connectivity index is 1.38. The maximum atomic E-state index is 12.5. The van der Waals surface area contributed by atoms with Crippen molar-refractivity contribution in [2.24, 2.45) is 5.92 Å². The SMILES string of the molecule is O=C(NCc1nc(-c2ncccn2)no1)[C@H]1CCOc2ccccc2C1. The van der Waals surface area contributed by atoms with E-state index in [2.05, 4.69) is 25.4 Å². The highest BCUT2D eigenvalue weighted by Crippen LogP contribution is 2.26. The van der Waals surface area contributed by atoms with Gasteiger partial charge < -0.3 is 14.6 Å². The molecule has 0 aliphatic carbocycles. The van der Waals surface area contributed by atoms with Crippen LogP contribution in [-0.4, -0.2) is 32.6 Å². The summed E-state index contributed by atoms with van der Waals surface area (Å²) in [5.41, 5.74) is 1.05. The van der Waals surface area contributed by atoms with Gasteiger partial charge in [0.25, 0.3) is 0 Å². The van der Waals surface area contributed by atoms with Crippen molar-refractivity contribution in [3.8, 4) is 17.4 Å². The molecule has 2 aromatic heterocycles. The number of hydrogen-bond donors (Lipinski definition) is 1. The first-order valence-corrected chi connectivity index (χ1v) is 8.38. The van der Waals surface area contributed by atoms with E-state index in [9.17, 15) is 4.79 Å². The van der Waals surface area contributed by atoms with Crippen LogP contribution in [0.15, 0.2) is 47.2 Å². The number of hydrogen-bond acceptors (Lipinski definition) is 7. The molecule has 1 N–H and O–H groups in total. The van der Waals surface area contributed by atoms with E-state index in [4.69, 9.17) is 9.26 Å². The van der Waals surface area contributed by atoms with Gasteiger partial charge in [-0.2, -0.15) is 4.98 Å². The van der Waals surface area contributed by atoms with Gasteiger partial charge in [-0.25, -0.2) is 9.97 Å². The minimum atomic E-state index is -0.154. The molecule has 132 valence electrons. The van der Waals surface area contributed by atoms with Crippen molar-refractivity contribution in [3.63, 3.8) is 0 Å². The van der Waals surface area contributed by atoms with Crippen LogP contribution in [-0.2, 0) is 17.8 Å². The average molecular weight is 351 g/mol. The first kappa shape index (κ1) is 16.2. The standard InChI is InChI=1S/C18H17N5O3/c24-18(13-6-9-25-14-5-2-1-4-12(14)10-13)21-11-15-22-17(23-26-15)16-19-7-3-8-20-16/h1-5,7-8,13H,6,9-11H2,(H,21,24)/t13-/m0/s1. The van der Waals surface area contributed by atoms with Crippen LogP contribution in [0.4, 0.5) is 0 Å². The molecule has 8 nitrogen and oxygen atoms in total. The molecule has 4 rings (SSSR count). The van der Waals surface area contributed by atoms with Crippen LogP contribution in [0.3, 0.4) is 0 Å². The summed E-state index contributed by atoms with van der Waals surface area (Å²) in [7, 11) is 0. The van der Waals surface area contributed by atoms with Gasteiger partial charge in [-0.1, -0.05) is 23.4 Å². The van der Waals surface area contributed by atoms with E-state index < -0.39 is 0 Å². The molecule has 0 bridgehead atoms. The topological polar surface area (TPSA) is 103 Å². The Bertz CT molecular complexity index is 897.